The van der Waals surface area contributed by atoms with Crippen LogP contribution >= 0.6 is 0 Å². The first-order valence-electron chi connectivity index (χ1n) is 5.33. The number of phenolic OH excluding ortho intramolecular Hbond substituents is 1. The summed E-state index contributed by atoms with van der Waals surface area (Å²) < 4.78 is 1.50. The number of benzene rings is 1. The molecule has 88 valence electrons. The van der Waals surface area contributed by atoms with E-state index in [-0.39, 0.29) is 11.4 Å². The zero-order valence-electron chi connectivity index (χ0n) is 10.1. The van der Waals surface area contributed by atoms with Crippen molar-refractivity contribution in [3.05, 3.63) is 46.0 Å². The van der Waals surface area contributed by atoms with E-state index in [0.717, 1.165) is 22.4 Å². The fraction of sp³-hybridized carbons (Fsp3) is 0.231. The Morgan fingerprint density at radius 2 is 1.94 bits per heavy atom. The smallest absolute Gasteiger partial charge is 0.347 e. The van der Waals surface area contributed by atoms with Gasteiger partial charge in [0.1, 0.15) is 5.75 Å². The van der Waals surface area contributed by atoms with Gasteiger partial charge in [-0.25, -0.2) is 9.78 Å². The first kappa shape index (κ1) is 11.4. The van der Waals surface area contributed by atoms with Crippen molar-refractivity contribution < 1.29 is 5.11 Å². The molecule has 0 unspecified atom stereocenters. The lowest BCUT2D eigenvalue weighted by Gasteiger charge is -2.13. The second-order valence-corrected chi connectivity index (χ2v) is 4.13. The Balaban J connectivity index is 2.81. The van der Waals surface area contributed by atoms with Crippen molar-refractivity contribution in [2.45, 2.75) is 13.8 Å². The highest BCUT2D eigenvalue weighted by atomic mass is 16.3. The quantitative estimate of drug-likeness (QED) is 0.812. The summed E-state index contributed by atoms with van der Waals surface area (Å²) in [5, 5.41) is 9.55. The van der Waals surface area contributed by atoms with Crippen LogP contribution in [0.15, 0.2) is 29.2 Å². The van der Waals surface area contributed by atoms with Crippen LogP contribution < -0.4 is 5.69 Å². The third-order valence-electron chi connectivity index (χ3n) is 2.84. The molecule has 4 nitrogen and oxygen atoms in total. The molecule has 4 heteroatoms. The minimum absolute atomic E-state index is 0.189. The summed E-state index contributed by atoms with van der Waals surface area (Å²) in [7, 11) is 1.68. The van der Waals surface area contributed by atoms with E-state index in [9.17, 15) is 9.90 Å². The van der Waals surface area contributed by atoms with E-state index in [4.69, 9.17) is 0 Å². The zero-order valence-corrected chi connectivity index (χ0v) is 10.1. The molecular weight excluding hydrogens is 216 g/mol. The fourth-order valence-corrected chi connectivity index (χ4v) is 1.92. The predicted molar refractivity (Wildman–Crippen MR) is 66.1 cm³/mol. The average Bonchev–Trinajstić information content (AvgIpc) is 2.29. The van der Waals surface area contributed by atoms with Gasteiger partial charge in [0.2, 0.25) is 0 Å². The molecule has 0 amide bonds. The van der Waals surface area contributed by atoms with Crippen LogP contribution in [0.4, 0.5) is 0 Å². The molecule has 0 fully saturated rings. The van der Waals surface area contributed by atoms with E-state index in [1.54, 1.807) is 25.4 Å². The Morgan fingerprint density at radius 1 is 1.24 bits per heavy atom. The zero-order chi connectivity index (χ0) is 12.6. The van der Waals surface area contributed by atoms with Crippen LogP contribution in [0.2, 0.25) is 0 Å². The number of aromatic hydroxyl groups is 1. The van der Waals surface area contributed by atoms with Crippen molar-refractivity contribution in [2.24, 2.45) is 7.05 Å². The van der Waals surface area contributed by atoms with Gasteiger partial charge >= 0.3 is 5.69 Å². The molecule has 0 aliphatic heterocycles. The molecule has 0 spiro atoms. The molecule has 2 aromatic rings. The maximum atomic E-state index is 11.6. The van der Waals surface area contributed by atoms with Gasteiger partial charge in [-0.2, -0.15) is 0 Å². The summed E-state index contributed by atoms with van der Waals surface area (Å²) in [6.45, 7) is 3.84. The SMILES string of the molecule is Cc1ccc(O)cc1-c1c(C)cnc(=O)n1C. The van der Waals surface area contributed by atoms with Crippen LogP contribution in [0.3, 0.4) is 0 Å². The van der Waals surface area contributed by atoms with Gasteiger partial charge in [-0.15, -0.1) is 0 Å². The van der Waals surface area contributed by atoms with Gasteiger partial charge in [0.15, 0.2) is 0 Å². The standard InChI is InChI=1S/C13H14N2O2/c1-8-4-5-10(16)6-11(8)12-9(2)7-14-13(17)15(12)3/h4-7,16H,1-3H3. The molecule has 1 heterocycles. The fourth-order valence-electron chi connectivity index (χ4n) is 1.92. The monoisotopic (exact) mass is 230 g/mol. The molecule has 1 aromatic heterocycles. The Morgan fingerprint density at radius 3 is 2.65 bits per heavy atom. The summed E-state index contributed by atoms with van der Waals surface area (Å²) in [5.41, 5.74) is 3.25. The molecule has 2 rings (SSSR count). The van der Waals surface area contributed by atoms with E-state index < -0.39 is 0 Å². The summed E-state index contributed by atoms with van der Waals surface area (Å²) in [6, 6.07) is 5.12. The molecule has 1 aromatic carbocycles. The second kappa shape index (κ2) is 4.05. The maximum Gasteiger partial charge on any atom is 0.347 e. The lowest BCUT2D eigenvalue weighted by Crippen LogP contribution is -2.22. The van der Waals surface area contributed by atoms with Gasteiger partial charge in [-0.05, 0) is 37.1 Å². The molecule has 0 saturated carbocycles. The number of nitrogens with zero attached hydrogens (tertiary/aromatic N) is 2. The van der Waals surface area contributed by atoms with Crippen molar-refractivity contribution >= 4 is 0 Å². The van der Waals surface area contributed by atoms with Gasteiger partial charge in [0.05, 0.1) is 5.69 Å². The molecule has 0 aliphatic carbocycles. The van der Waals surface area contributed by atoms with E-state index in [2.05, 4.69) is 4.98 Å². The van der Waals surface area contributed by atoms with Crippen LogP contribution in [0.25, 0.3) is 11.3 Å². The average molecular weight is 230 g/mol. The first-order valence-corrected chi connectivity index (χ1v) is 5.33. The minimum Gasteiger partial charge on any atom is -0.508 e. The Hall–Kier alpha value is -2.10. The Labute approximate surface area is 99.2 Å². The topological polar surface area (TPSA) is 55.1 Å². The largest absolute Gasteiger partial charge is 0.508 e. The van der Waals surface area contributed by atoms with E-state index >= 15 is 0 Å². The summed E-state index contributed by atoms with van der Waals surface area (Å²) in [6.07, 6.45) is 1.56. The molecule has 0 saturated heterocycles. The minimum atomic E-state index is -0.298. The molecular formula is C13H14N2O2. The number of hydrogen-bond donors (Lipinski definition) is 1. The normalized spacial score (nSPS) is 10.5. The maximum absolute atomic E-state index is 11.6. The molecule has 0 radical (unpaired) electrons. The van der Waals surface area contributed by atoms with Gasteiger partial charge < -0.3 is 5.11 Å². The van der Waals surface area contributed by atoms with Crippen LogP contribution in [-0.2, 0) is 7.05 Å². The van der Waals surface area contributed by atoms with E-state index in [0.29, 0.717) is 0 Å². The number of hydrogen-bond acceptors (Lipinski definition) is 3. The van der Waals surface area contributed by atoms with E-state index in [1.807, 2.05) is 19.9 Å². The Bertz CT molecular complexity index is 630. The highest BCUT2D eigenvalue weighted by Gasteiger charge is 2.10. The highest BCUT2D eigenvalue weighted by Crippen LogP contribution is 2.27. The van der Waals surface area contributed by atoms with Gasteiger partial charge in [0, 0.05) is 18.8 Å². The van der Waals surface area contributed by atoms with Crippen LogP contribution in [0.5, 0.6) is 5.75 Å². The number of rotatable bonds is 1. The van der Waals surface area contributed by atoms with Crippen LogP contribution in [-0.4, -0.2) is 14.7 Å². The van der Waals surface area contributed by atoms with Crippen molar-refractivity contribution in [3.63, 3.8) is 0 Å². The van der Waals surface area contributed by atoms with Crippen molar-refractivity contribution in [1.29, 1.82) is 0 Å². The summed E-state index contributed by atoms with van der Waals surface area (Å²) in [4.78, 5) is 15.3. The summed E-state index contributed by atoms with van der Waals surface area (Å²) >= 11 is 0. The molecule has 0 aliphatic rings. The third kappa shape index (κ3) is 1.93. The van der Waals surface area contributed by atoms with Crippen LogP contribution in [0, 0.1) is 13.8 Å². The van der Waals surface area contributed by atoms with Crippen molar-refractivity contribution in [1.82, 2.24) is 9.55 Å². The third-order valence-corrected chi connectivity index (χ3v) is 2.84. The molecule has 17 heavy (non-hydrogen) atoms. The lowest BCUT2D eigenvalue weighted by atomic mass is 10.0. The van der Waals surface area contributed by atoms with E-state index in [1.165, 1.54) is 4.57 Å². The molecule has 0 bridgehead atoms. The van der Waals surface area contributed by atoms with Crippen LogP contribution in [0.1, 0.15) is 11.1 Å². The predicted octanol–water partition coefficient (Wildman–Crippen LogP) is 1.77. The highest BCUT2D eigenvalue weighted by molar-refractivity contribution is 5.68. The number of aromatic nitrogens is 2. The summed E-state index contributed by atoms with van der Waals surface area (Å²) in [5.74, 6) is 0.189. The van der Waals surface area contributed by atoms with Crippen molar-refractivity contribution in [3.8, 4) is 17.0 Å². The number of aryl methyl sites for hydroxylation is 2. The second-order valence-electron chi connectivity index (χ2n) is 4.13. The molecule has 0 atom stereocenters. The first-order chi connectivity index (χ1) is 8.00. The van der Waals surface area contributed by atoms with Crippen molar-refractivity contribution in [2.75, 3.05) is 0 Å². The van der Waals surface area contributed by atoms with Gasteiger partial charge in [0.25, 0.3) is 0 Å². The number of phenols is 1. The van der Waals surface area contributed by atoms with Gasteiger partial charge in [-0.3, -0.25) is 4.57 Å². The lowest BCUT2D eigenvalue weighted by molar-refractivity contribution is 0.475. The molecule has 1 N–H and O–H groups in total. The van der Waals surface area contributed by atoms with Gasteiger partial charge in [-0.1, -0.05) is 6.07 Å². The Kier molecular flexibility index (Phi) is 2.71.